The van der Waals surface area contributed by atoms with Gasteiger partial charge < -0.3 is 4.74 Å². The van der Waals surface area contributed by atoms with E-state index in [1.165, 1.54) is 31.2 Å². The summed E-state index contributed by atoms with van der Waals surface area (Å²) in [5, 5.41) is 0. The van der Waals surface area contributed by atoms with Gasteiger partial charge in [0, 0.05) is 20.0 Å². The van der Waals surface area contributed by atoms with E-state index in [1.807, 2.05) is 24.3 Å². The van der Waals surface area contributed by atoms with Crippen LogP contribution in [0.15, 0.2) is 29.3 Å². The molecule has 3 heteroatoms. The van der Waals surface area contributed by atoms with Crippen molar-refractivity contribution in [2.24, 2.45) is 4.99 Å². The molecule has 0 bridgehead atoms. The molecule has 0 spiro atoms. The van der Waals surface area contributed by atoms with Crippen LogP contribution in [0.1, 0.15) is 83.0 Å². The lowest BCUT2D eigenvalue weighted by molar-refractivity contribution is 0.0515. The Kier molecular flexibility index (Phi) is 9.93. The number of ether oxygens (including phenoxy) is 1. The number of benzene rings is 1. The molecule has 1 aromatic carbocycles. The Morgan fingerprint density at radius 2 is 1.83 bits per heavy atom. The van der Waals surface area contributed by atoms with Crippen LogP contribution in [0.4, 0.5) is 0 Å². The number of aliphatic imine (C=N–C) groups is 1. The molecule has 24 heavy (non-hydrogen) atoms. The summed E-state index contributed by atoms with van der Waals surface area (Å²) in [5.74, 6) is -0.297. The third kappa shape index (κ3) is 8.85. The molecule has 0 saturated heterocycles. The second kappa shape index (κ2) is 12.7. The quantitative estimate of drug-likeness (QED) is 0.283. The van der Waals surface area contributed by atoms with Crippen molar-refractivity contribution >= 4 is 11.7 Å². The summed E-state index contributed by atoms with van der Waals surface area (Å²) in [6.45, 7) is 5.61. The lowest BCUT2D eigenvalue weighted by atomic mass is 10.1. The Morgan fingerprint density at radius 3 is 2.50 bits per heavy atom. The van der Waals surface area contributed by atoms with Gasteiger partial charge in [0.15, 0.2) is 0 Å². The predicted molar refractivity (Wildman–Crippen MR) is 102 cm³/mol. The molecular formula is C21H33NO2. The van der Waals surface area contributed by atoms with Crippen LogP contribution in [0.25, 0.3) is 0 Å². The molecule has 0 N–H and O–H groups in total. The fourth-order valence-corrected chi connectivity index (χ4v) is 2.39. The average Bonchev–Trinajstić information content (AvgIpc) is 2.65. The lowest BCUT2D eigenvalue weighted by Crippen LogP contribution is -2.09. The fraction of sp³-hybridized carbons (Fsp3) is 0.619. The van der Waals surface area contributed by atoms with Crippen molar-refractivity contribution in [3.63, 3.8) is 0 Å². The van der Waals surface area contributed by atoms with E-state index < -0.39 is 0 Å². The summed E-state index contributed by atoms with van der Waals surface area (Å²) >= 11 is 0. The summed E-state index contributed by atoms with van der Waals surface area (Å²) in [5.41, 5.74) is 2.66. The molecule has 0 fully saturated rings. The van der Waals surface area contributed by atoms with Gasteiger partial charge in [-0.15, -0.1) is 0 Å². The molecule has 0 heterocycles. The molecule has 0 saturated carbocycles. The standard InChI is InChI=1S/C21H33NO2/c1-4-6-8-9-16-22-18(3)15-17-24-21(23)20-13-11-19(12-14-20)10-7-5-2/h11-14H,4-10,15-17H2,1-3H3/i3D. The van der Waals surface area contributed by atoms with Crippen molar-refractivity contribution in [2.75, 3.05) is 13.2 Å². The number of rotatable bonds is 12. The minimum Gasteiger partial charge on any atom is -0.462 e. The van der Waals surface area contributed by atoms with Crippen LogP contribution in [0, 0.1) is 0 Å². The Hall–Kier alpha value is -1.64. The van der Waals surface area contributed by atoms with Gasteiger partial charge in [0.25, 0.3) is 0 Å². The molecule has 0 aliphatic carbocycles. The predicted octanol–water partition coefficient (Wildman–Crippen LogP) is 5.62. The van der Waals surface area contributed by atoms with Crippen molar-refractivity contribution in [3.05, 3.63) is 35.4 Å². The van der Waals surface area contributed by atoms with Crippen molar-refractivity contribution in [3.8, 4) is 0 Å². The third-order valence-corrected chi connectivity index (χ3v) is 3.98. The summed E-state index contributed by atoms with van der Waals surface area (Å²) in [7, 11) is 0. The van der Waals surface area contributed by atoms with Gasteiger partial charge >= 0.3 is 5.97 Å². The van der Waals surface area contributed by atoms with Gasteiger partial charge in [-0.3, -0.25) is 4.99 Å². The molecule has 1 rings (SSSR count). The Labute approximate surface area is 148 Å². The van der Waals surface area contributed by atoms with E-state index >= 15 is 0 Å². The highest BCUT2D eigenvalue weighted by Gasteiger charge is 2.07. The van der Waals surface area contributed by atoms with Crippen LogP contribution in [0.5, 0.6) is 0 Å². The van der Waals surface area contributed by atoms with Crippen LogP contribution in [0.2, 0.25) is 0 Å². The highest BCUT2D eigenvalue weighted by Crippen LogP contribution is 2.09. The van der Waals surface area contributed by atoms with Crippen LogP contribution in [0.3, 0.4) is 0 Å². The minimum atomic E-state index is -0.297. The van der Waals surface area contributed by atoms with Crippen LogP contribution in [-0.4, -0.2) is 24.8 Å². The van der Waals surface area contributed by atoms with E-state index in [1.54, 1.807) is 0 Å². The van der Waals surface area contributed by atoms with Gasteiger partial charge in [-0.05, 0) is 43.9 Å². The summed E-state index contributed by atoms with van der Waals surface area (Å²) in [6.07, 6.45) is 8.64. The first-order chi connectivity index (χ1) is 12.2. The molecule has 1 aromatic rings. The highest BCUT2D eigenvalue weighted by molar-refractivity contribution is 5.89. The summed E-state index contributed by atoms with van der Waals surface area (Å²) in [4.78, 5) is 16.5. The first-order valence-electron chi connectivity index (χ1n) is 9.99. The van der Waals surface area contributed by atoms with Gasteiger partial charge in [0.05, 0.1) is 12.2 Å². The van der Waals surface area contributed by atoms with E-state index in [4.69, 9.17) is 6.11 Å². The number of carbonyl (C=O) groups is 1. The second-order valence-corrected chi connectivity index (χ2v) is 6.20. The Bertz CT molecular complexity index is 511. The first-order valence-corrected chi connectivity index (χ1v) is 9.28. The molecular weight excluding hydrogens is 298 g/mol. The Morgan fingerprint density at radius 1 is 1.08 bits per heavy atom. The molecule has 134 valence electrons. The van der Waals surface area contributed by atoms with Gasteiger partial charge in [-0.2, -0.15) is 0 Å². The number of esters is 1. The molecule has 0 unspecified atom stereocenters. The summed E-state index contributed by atoms with van der Waals surface area (Å²) in [6, 6.07) is 7.67. The number of nitrogens with zero attached hydrogens (tertiary/aromatic N) is 1. The molecule has 0 aliphatic heterocycles. The van der Waals surface area contributed by atoms with E-state index in [0.29, 0.717) is 18.6 Å². The molecule has 0 amide bonds. The lowest BCUT2D eigenvalue weighted by Gasteiger charge is -2.06. The van der Waals surface area contributed by atoms with Gasteiger partial charge in [-0.1, -0.05) is 51.7 Å². The topological polar surface area (TPSA) is 38.7 Å². The van der Waals surface area contributed by atoms with Crippen molar-refractivity contribution in [1.82, 2.24) is 0 Å². The van der Waals surface area contributed by atoms with E-state index in [-0.39, 0.29) is 12.9 Å². The largest absolute Gasteiger partial charge is 0.462 e. The maximum absolute atomic E-state index is 12.1. The number of carbonyl (C=O) groups excluding carboxylic acids is 1. The number of aryl methyl sites for hydroxylation is 1. The third-order valence-electron chi connectivity index (χ3n) is 3.98. The number of unbranched alkanes of at least 4 members (excludes halogenated alkanes) is 4. The van der Waals surface area contributed by atoms with Crippen molar-refractivity contribution < 1.29 is 10.9 Å². The molecule has 0 aliphatic rings. The van der Waals surface area contributed by atoms with Crippen molar-refractivity contribution in [1.29, 1.82) is 0 Å². The zero-order valence-corrected chi connectivity index (χ0v) is 15.4. The smallest absolute Gasteiger partial charge is 0.338 e. The zero-order chi connectivity index (χ0) is 18.3. The van der Waals surface area contributed by atoms with Crippen LogP contribution >= 0.6 is 0 Å². The van der Waals surface area contributed by atoms with Gasteiger partial charge in [0.1, 0.15) is 0 Å². The van der Waals surface area contributed by atoms with Gasteiger partial charge in [0.2, 0.25) is 0 Å². The molecule has 0 aromatic heterocycles. The number of hydrogen-bond acceptors (Lipinski definition) is 3. The maximum atomic E-state index is 12.1. The summed E-state index contributed by atoms with van der Waals surface area (Å²) < 4.78 is 12.9. The monoisotopic (exact) mass is 332 g/mol. The van der Waals surface area contributed by atoms with Gasteiger partial charge in [-0.25, -0.2) is 4.79 Å². The molecule has 0 atom stereocenters. The van der Waals surface area contributed by atoms with Crippen molar-refractivity contribution in [2.45, 2.75) is 72.1 Å². The fourth-order valence-electron chi connectivity index (χ4n) is 2.39. The number of hydrogen-bond donors (Lipinski definition) is 0. The molecule has 0 radical (unpaired) electrons. The van der Waals surface area contributed by atoms with Crippen LogP contribution in [-0.2, 0) is 11.2 Å². The van der Waals surface area contributed by atoms with Crippen LogP contribution < -0.4 is 0 Å². The molecule has 3 nitrogen and oxygen atoms in total. The Balaban J connectivity index is 2.33. The van der Waals surface area contributed by atoms with E-state index in [2.05, 4.69) is 18.8 Å². The second-order valence-electron chi connectivity index (χ2n) is 6.20. The average molecular weight is 333 g/mol. The highest BCUT2D eigenvalue weighted by atomic mass is 16.5. The van der Waals surface area contributed by atoms with E-state index in [0.717, 1.165) is 31.5 Å². The minimum absolute atomic E-state index is 0.178. The van der Waals surface area contributed by atoms with E-state index in [9.17, 15) is 4.79 Å². The SMILES string of the molecule is [2H]CC(CCOC(=O)c1ccc(CCCC)cc1)=NCCCCCC. The first kappa shape index (κ1) is 18.7. The zero-order valence-electron chi connectivity index (χ0n) is 16.4. The normalized spacial score (nSPS) is 12.1. The maximum Gasteiger partial charge on any atom is 0.338 e.